The molecule has 1 aromatic rings. The Kier molecular flexibility index (Phi) is 3.83. The normalized spacial score (nSPS) is 31.4. The Balaban J connectivity index is 1.72. The molecule has 0 aromatic carbocycles. The van der Waals surface area contributed by atoms with E-state index in [1.165, 1.54) is 38.3 Å². The van der Waals surface area contributed by atoms with Gasteiger partial charge in [-0.2, -0.15) is 0 Å². The van der Waals surface area contributed by atoms with Gasteiger partial charge in [-0.05, 0) is 61.6 Å². The van der Waals surface area contributed by atoms with Gasteiger partial charge in [-0.1, -0.05) is 13.3 Å². The number of pyridine rings is 1. The van der Waals surface area contributed by atoms with E-state index < -0.39 is 0 Å². The minimum Gasteiger partial charge on any atom is -0.314 e. The highest BCUT2D eigenvalue weighted by Gasteiger charge is 2.31. The molecule has 3 rings (SSSR count). The van der Waals surface area contributed by atoms with Crippen LogP contribution >= 0.6 is 0 Å². The van der Waals surface area contributed by atoms with E-state index in [0.717, 1.165) is 24.1 Å². The fourth-order valence-electron chi connectivity index (χ4n) is 3.33. The van der Waals surface area contributed by atoms with Crippen molar-refractivity contribution in [2.75, 3.05) is 6.54 Å². The van der Waals surface area contributed by atoms with Gasteiger partial charge in [-0.25, -0.2) is 4.39 Å². The van der Waals surface area contributed by atoms with Crippen LogP contribution in [0.3, 0.4) is 0 Å². The van der Waals surface area contributed by atoms with Crippen LogP contribution in [0.5, 0.6) is 0 Å². The van der Waals surface area contributed by atoms with Gasteiger partial charge in [0.25, 0.3) is 0 Å². The van der Waals surface area contributed by atoms with Crippen LogP contribution in [0.4, 0.5) is 4.39 Å². The molecule has 2 nitrogen and oxygen atoms in total. The van der Waals surface area contributed by atoms with Gasteiger partial charge in [-0.15, -0.1) is 0 Å². The zero-order chi connectivity index (χ0) is 13.2. The third-order valence-corrected chi connectivity index (χ3v) is 4.66. The molecule has 2 aliphatic rings. The highest BCUT2D eigenvalue weighted by Crippen LogP contribution is 2.40. The Morgan fingerprint density at radius 1 is 1.26 bits per heavy atom. The van der Waals surface area contributed by atoms with E-state index in [1.807, 2.05) is 6.20 Å². The molecule has 0 radical (unpaired) electrons. The van der Waals surface area contributed by atoms with Crippen LogP contribution in [0, 0.1) is 17.7 Å². The average molecular weight is 262 g/mol. The topological polar surface area (TPSA) is 24.9 Å². The zero-order valence-corrected chi connectivity index (χ0v) is 11.6. The molecule has 3 atom stereocenters. The van der Waals surface area contributed by atoms with E-state index >= 15 is 0 Å². The van der Waals surface area contributed by atoms with Crippen molar-refractivity contribution in [3.05, 3.63) is 29.8 Å². The largest absolute Gasteiger partial charge is 0.314 e. The van der Waals surface area contributed by atoms with E-state index in [2.05, 4.69) is 17.2 Å². The second kappa shape index (κ2) is 5.58. The van der Waals surface area contributed by atoms with Crippen LogP contribution in [0.1, 0.15) is 50.5 Å². The van der Waals surface area contributed by atoms with Gasteiger partial charge >= 0.3 is 0 Å². The second-order valence-corrected chi connectivity index (χ2v) is 6.40. The highest BCUT2D eigenvalue weighted by molar-refractivity contribution is 5.18. The molecule has 2 saturated carbocycles. The third kappa shape index (κ3) is 3.33. The van der Waals surface area contributed by atoms with Gasteiger partial charge in [0.15, 0.2) is 0 Å². The number of nitrogens with zero attached hydrogens (tertiary/aromatic N) is 1. The summed E-state index contributed by atoms with van der Waals surface area (Å²) in [6.07, 6.45) is 9.54. The molecule has 1 N–H and O–H groups in total. The SMILES string of the molecule is CC1CCC(CNC2CC2)C(c2cncc(F)c2)C1. The molecule has 3 heteroatoms. The molecule has 0 bridgehead atoms. The molecule has 0 saturated heterocycles. The molecule has 0 spiro atoms. The second-order valence-electron chi connectivity index (χ2n) is 6.40. The smallest absolute Gasteiger partial charge is 0.141 e. The number of aromatic nitrogens is 1. The first-order valence-electron chi connectivity index (χ1n) is 7.56. The Bertz CT molecular complexity index is 431. The summed E-state index contributed by atoms with van der Waals surface area (Å²) in [5.74, 6) is 1.65. The predicted molar refractivity (Wildman–Crippen MR) is 74.5 cm³/mol. The van der Waals surface area contributed by atoms with Crippen LogP contribution in [0.25, 0.3) is 0 Å². The standard InChI is InChI=1S/C16H23FN2/c1-11-2-3-12(9-19-15-4-5-15)16(6-11)13-7-14(17)10-18-8-13/h7-8,10-12,15-16,19H,2-6,9H2,1H3. The van der Waals surface area contributed by atoms with E-state index in [1.54, 1.807) is 6.07 Å². The molecule has 19 heavy (non-hydrogen) atoms. The van der Waals surface area contributed by atoms with Gasteiger partial charge < -0.3 is 5.32 Å². The molecule has 1 heterocycles. The fraction of sp³-hybridized carbons (Fsp3) is 0.688. The maximum absolute atomic E-state index is 13.4. The van der Waals surface area contributed by atoms with Crippen molar-refractivity contribution in [2.45, 2.75) is 51.0 Å². The summed E-state index contributed by atoms with van der Waals surface area (Å²) in [5, 5.41) is 3.64. The summed E-state index contributed by atoms with van der Waals surface area (Å²) in [7, 11) is 0. The lowest BCUT2D eigenvalue weighted by Gasteiger charge is -2.35. The van der Waals surface area contributed by atoms with Crippen LogP contribution < -0.4 is 5.32 Å². The fourth-order valence-corrected chi connectivity index (χ4v) is 3.33. The van der Waals surface area contributed by atoms with E-state index in [-0.39, 0.29) is 5.82 Å². The van der Waals surface area contributed by atoms with Crippen LogP contribution in [-0.2, 0) is 0 Å². The molecule has 0 aliphatic heterocycles. The molecule has 2 aliphatic carbocycles. The van der Waals surface area contributed by atoms with Gasteiger partial charge in [0.2, 0.25) is 0 Å². The van der Waals surface area contributed by atoms with Crippen molar-refractivity contribution >= 4 is 0 Å². The molecule has 104 valence electrons. The molecule has 3 unspecified atom stereocenters. The zero-order valence-electron chi connectivity index (χ0n) is 11.6. The van der Waals surface area contributed by atoms with Gasteiger partial charge in [0, 0.05) is 12.2 Å². The third-order valence-electron chi connectivity index (χ3n) is 4.66. The summed E-state index contributed by atoms with van der Waals surface area (Å²) in [6.45, 7) is 3.39. The first kappa shape index (κ1) is 13.0. The van der Waals surface area contributed by atoms with E-state index in [0.29, 0.717) is 11.8 Å². The maximum atomic E-state index is 13.4. The van der Waals surface area contributed by atoms with E-state index in [9.17, 15) is 4.39 Å². The predicted octanol–water partition coefficient (Wildman–Crippen LogP) is 3.49. The highest BCUT2D eigenvalue weighted by atomic mass is 19.1. The minimum atomic E-state index is -0.204. The van der Waals surface area contributed by atoms with E-state index in [4.69, 9.17) is 0 Å². The number of rotatable bonds is 4. The Morgan fingerprint density at radius 2 is 2.11 bits per heavy atom. The molecule has 0 amide bonds. The average Bonchev–Trinajstić information content (AvgIpc) is 3.21. The lowest BCUT2D eigenvalue weighted by molar-refractivity contribution is 0.240. The molecular weight excluding hydrogens is 239 g/mol. The quantitative estimate of drug-likeness (QED) is 0.898. The number of hydrogen-bond acceptors (Lipinski definition) is 2. The Morgan fingerprint density at radius 3 is 2.84 bits per heavy atom. The van der Waals surface area contributed by atoms with Crippen molar-refractivity contribution in [2.24, 2.45) is 11.8 Å². The maximum Gasteiger partial charge on any atom is 0.141 e. The molecule has 1 aromatic heterocycles. The van der Waals surface area contributed by atoms with Gasteiger partial charge in [0.1, 0.15) is 5.82 Å². The van der Waals surface area contributed by atoms with Crippen molar-refractivity contribution in [3.63, 3.8) is 0 Å². The first-order chi connectivity index (χ1) is 9.22. The lowest BCUT2D eigenvalue weighted by atomic mass is 9.72. The number of hydrogen-bond donors (Lipinski definition) is 1. The molecule has 2 fully saturated rings. The molecular formula is C16H23FN2. The van der Waals surface area contributed by atoms with Crippen LogP contribution in [-0.4, -0.2) is 17.6 Å². The summed E-state index contributed by atoms with van der Waals surface area (Å²) in [4.78, 5) is 4.03. The van der Waals surface area contributed by atoms with Crippen molar-refractivity contribution in [1.82, 2.24) is 10.3 Å². The number of nitrogens with one attached hydrogen (secondary N) is 1. The number of halogens is 1. The monoisotopic (exact) mass is 262 g/mol. The summed E-state index contributed by atoms with van der Waals surface area (Å²) < 4.78 is 13.4. The van der Waals surface area contributed by atoms with Crippen molar-refractivity contribution in [1.29, 1.82) is 0 Å². The van der Waals surface area contributed by atoms with Crippen molar-refractivity contribution < 1.29 is 4.39 Å². The summed E-state index contributed by atoms with van der Waals surface area (Å²) in [6, 6.07) is 2.44. The van der Waals surface area contributed by atoms with Crippen LogP contribution in [0.15, 0.2) is 18.5 Å². The van der Waals surface area contributed by atoms with Crippen LogP contribution in [0.2, 0.25) is 0 Å². The summed E-state index contributed by atoms with van der Waals surface area (Å²) >= 11 is 0. The Labute approximate surface area is 114 Å². The summed E-state index contributed by atoms with van der Waals surface area (Å²) in [5.41, 5.74) is 1.09. The first-order valence-corrected chi connectivity index (χ1v) is 7.56. The minimum absolute atomic E-state index is 0.204. The Hall–Kier alpha value is -0.960. The van der Waals surface area contributed by atoms with Gasteiger partial charge in [0.05, 0.1) is 6.20 Å². The van der Waals surface area contributed by atoms with Crippen molar-refractivity contribution in [3.8, 4) is 0 Å². The van der Waals surface area contributed by atoms with Gasteiger partial charge in [-0.3, -0.25) is 4.98 Å². The lowest BCUT2D eigenvalue weighted by Crippen LogP contribution is -2.32.